The number of para-hydroxylation sites is 1. The van der Waals surface area contributed by atoms with Crippen molar-refractivity contribution in [3.05, 3.63) is 89.6 Å². The van der Waals surface area contributed by atoms with E-state index >= 15 is 0 Å². The number of carbonyl (C=O) groups is 2. The van der Waals surface area contributed by atoms with Crippen molar-refractivity contribution in [1.29, 1.82) is 0 Å². The van der Waals surface area contributed by atoms with Crippen LogP contribution in [0.5, 0.6) is 0 Å². The summed E-state index contributed by atoms with van der Waals surface area (Å²) in [6.45, 7) is 0.124. The van der Waals surface area contributed by atoms with E-state index in [1.807, 2.05) is 60.7 Å². The summed E-state index contributed by atoms with van der Waals surface area (Å²) < 4.78 is 5.49. The Kier molecular flexibility index (Phi) is 5.07. The van der Waals surface area contributed by atoms with E-state index in [-0.39, 0.29) is 18.9 Å². The predicted molar refractivity (Wildman–Crippen MR) is 119 cm³/mol. The zero-order chi connectivity index (χ0) is 22.1. The predicted octanol–water partition coefficient (Wildman–Crippen LogP) is 4.10. The van der Waals surface area contributed by atoms with Gasteiger partial charge in [0, 0.05) is 23.4 Å². The summed E-state index contributed by atoms with van der Waals surface area (Å²) in [5.41, 5.74) is 5.85. The third-order valence-corrected chi connectivity index (χ3v) is 5.88. The maximum Gasteiger partial charge on any atom is 0.407 e. The van der Waals surface area contributed by atoms with Gasteiger partial charge in [-0.25, -0.2) is 9.59 Å². The molecule has 0 spiro atoms. The number of nitrogens with one attached hydrogen (secondary N) is 2. The van der Waals surface area contributed by atoms with Crippen molar-refractivity contribution in [3.63, 3.8) is 0 Å². The van der Waals surface area contributed by atoms with Crippen LogP contribution < -0.4 is 5.32 Å². The number of nitrogens with zero attached hydrogens (tertiary/aromatic N) is 1. The van der Waals surface area contributed by atoms with E-state index in [9.17, 15) is 14.7 Å². The van der Waals surface area contributed by atoms with Crippen LogP contribution in [0.15, 0.2) is 72.8 Å². The summed E-state index contributed by atoms with van der Waals surface area (Å²) in [5.74, 6) is -1.23. The third-order valence-electron chi connectivity index (χ3n) is 5.88. The molecule has 0 saturated heterocycles. The van der Waals surface area contributed by atoms with E-state index in [0.717, 1.165) is 33.2 Å². The van der Waals surface area contributed by atoms with Crippen molar-refractivity contribution in [1.82, 2.24) is 15.5 Å². The Hall–Kier alpha value is -4.13. The molecule has 1 aromatic heterocycles. The molecule has 1 aliphatic carbocycles. The maximum atomic E-state index is 12.5. The van der Waals surface area contributed by atoms with Gasteiger partial charge in [-0.05, 0) is 28.3 Å². The molecule has 1 amide bonds. The lowest BCUT2D eigenvalue weighted by Gasteiger charge is -2.17. The van der Waals surface area contributed by atoms with Gasteiger partial charge in [0.2, 0.25) is 0 Å². The van der Waals surface area contributed by atoms with Crippen molar-refractivity contribution in [2.45, 2.75) is 18.4 Å². The highest BCUT2D eigenvalue weighted by Gasteiger charge is 2.30. The van der Waals surface area contributed by atoms with Gasteiger partial charge >= 0.3 is 12.1 Å². The number of alkyl carbamates (subject to hydrolysis) is 1. The van der Waals surface area contributed by atoms with Crippen molar-refractivity contribution in [2.24, 2.45) is 0 Å². The van der Waals surface area contributed by atoms with Crippen molar-refractivity contribution in [3.8, 4) is 11.1 Å². The summed E-state index contributed by atoms with van der Waals surface area (Å²) in [5, 5.41) is 20.0. The number of benzene rings is 3. The number of fused-ring (bicyclic) bond motifs is 4. The van der Waals surface area contributed by atoms with E-state index in [0.29, 0.717) is 5.69 Å². The third kappa shape index (κ3) is 3.58. The Morgan fingerprint density at radius 3 is 2.28 bits per heavy atom. The van der Waals surface area contributed by atoms with Gasteiger partial charge in [0.25, 0.3) is 0 Å². The molecule has 4 aromatic rings. The molecule has 1 unspecified atom stereocenters. The van der Waals surface area contributed by atoms with Gasteiger partial charge in [-0.2, -0.15) is 5.10 Å². The van der Waals surface area contributed by atoms with E-state index < -0.39 is 18.1 Å². The van der Waals surface area contributed by atoms with Crippen molar-refractivity contribution >= 4 is 23.0 Å². The number of aromatic amines is 1. The molecule has 0 saturated carbocycles. The molecule has 32 heavy (non-hydrogen) atoms. The summed E-state index contributed by atoms with van der Waals surface area (Å²) >= 11 is 0. The lowest BCUT2D eigenvalue weighted by Crippen LogP contribution is -2.43. The smallest absolute Gasteiger partial charge is 0.407 e. The van der Waals surface area contributed by atoms with Crippen LogP contribution in [0.4, 0.5) is 4.79 Å². The maximum absolute atomic E-state index is 12.5. The van der Waals surface area contributed by atoms with Gasteiger partial charge in [-0.3, -0.25) is 5.10 Å². The second-order valence-electron chi connectivity index (χ2n) is 7.78. The average molecular weight is 427 g/mol. The van der Waals surface area contributed by atoms with Gasteiger partial charge in [0.05, 0.1) is 5.52 Å². The molecule has 7 heteroatoms. The van der Waals surface area contributed by atoms with Crippen molar-refractivity contribution < 1.29 is 19.4 Å². The van der Waals surface area contributed by atoms with Crippen LogP contribution in [-0.2, 0) is 16.0 Å². The number of aromatic nitrogens is 2. The largest absolute Gasteiger partial charge is 0.480 e. The average Bonchev–Trinajstić information content (AvgIpc) is 3.36. The second kappa shape index (κ2) is 8.19. The number of carboxylic acids is 1. The molecule has 3 N–H and O–H groups in total. The van der Waals surface area contributed by atoms with Crippen LogP contribution in [0.3, 0.4) is 0 Å². The van der Waals surface area contributed by atoms with Gasteiger partial charge in [0.15, 0.2) is 0 Å². The lowest BCUT2D eigenvalue weighted by molar-refractivity contribution is -0.139. The molecule has 0 bridgehead atoms. The Balaban J connectivity index is 1.28. The fourth-order valence-electron chi connectivity index (χ4n) is 4.36. The number of ether oxygens (including phenoxy) is 1. The lowest BCUT2D eigenvalue weighted by atomic mass is 9.98. The van der Waals surface area contributed by atoms with Gasteiger partial charge in [-0.1, -0.05) is 66.7 Å². The standard InChI is InChI=1S/C25H21N3O4/c29-24(30)23(13-22-19-11-5-6-12-21(19)27-28-22)26-25(31)32-14-20-17-9-3-1-7-15(17)16-8-2-4-10-18(16)20/h1-12,20,23H,13-14H2,(H,26,31)(H,27,28)(H,29,30). The summed E-state index contributed by atoms with van der Waals surface area (Å²) in [7, 11) is 0. The van der Waals surface area contributed by atoms with Gasteiger partial charge in [-0.15, -0.1) is 0 Å². The number of carboxylic acid groups (broad SMARTS) is 1. The van der Waals surface area contributed by atoms with Crippen LogP contribution in [0, 0.1) is 0 Å². The molecule has 0 aliphatic heterocycles. The van der Waals surface area contributed by atoms with Crippen LogP contribution >= 0.6 is 0 Å². The number of rotatable bonds is 6. The van der Waals surface area contributed by atoms with Crippen LogP contribution in [0.25, 0.3) is 22.0 Å². The molecule has 0 radical (unpaired) electrons. The molecule has 1 atom stereocenters. The first-order valence-corrected chi connectivity index (χ1v) is 10.4. The monoisotopic (exact) mass is 427 g/mol. The van der Waals surface area contributed by atoms with Gasteiger partial charge < -0.3 is 15.2 Å². The zero-order valence-corrected chi connectivity index (χ0v) is 17.1. The van der Waals surface area contributed by atoms with Crippen LogP contribution in [0.1, 0.15) is 22.7 Å². The van der Waals surface area contributed by atoms with E-state index in [1.54, 1.807) is 0 Å². The number of H-pyrrole nitrogens is 1. The first-order chi connectivity index (χ1) is 15.6. The molecule has 160 valence electrons. The van der Waals surface area contributed by atoms with E-state index in [1.165, 1.54) is 0 Å². The molecular formula is C25H21N3O4. The Morgan fingerprint density at radius 2 is 1.59 bits per heavy atom. The highest BCUT2D eigenvalue weighted by atomic mass is 16.5. The zero-order valence-electron chi connectivity index (χ0n) is 17.1. The number of hydrogen-bond donors (Lipinski definition) is 3. The SMILES string of the molecule is O=C(NC(Cc1[nH]nc2ccccc12)C(=O)O)OCC1c2ccccc2-c2ccccc21. The minimum atomic E-state index is -1.14. The highest BCUT2D eigenvalue weighted by molar-refractivity contribution is 5.84. The Labute approximate surface area is 184 Å². The summed E-state index contributed by atoms with van der Waals surface area (Å²) in [4.78, 5) is 24.3. The van der Waals surface area contributed by atoms with Crippen LogP contribution in [-0.4, -0.2) is 40.0 Å². The quantitative estimate of drug-likeness (QED) is 0.430. The molecule has 1 aliphatic rings. The fourth-order valence-corrected chi connectivity index (χ4v) is 4.36. The first-order valence-electron chi connectivity index (χ1n) is 10.4. The fraction of sp³-hybridized carbons (Fsp3) is 0.160. The molecular weight excluding hydrogens is 406 g/mol. The number of aliphatic carboxylic acids is 1. The normalized spacial score (nSPS) is 13.4. The molecule has 5 rings (SSSR count). The van der Waals surface area contributed by atoms with E-state index in [4.69, 9.17) is 4.74 Å². The minimum Gasteiger partial charge on any atom is -0.480 e. The van der Waals surface area contributed by atoms with Crippen LogP contribution in [0.2, 0.25) is 0 Å². The number of hydrogen-bond acceptors (Lipinski definition) is 4. The van der Waals surface area contributed by atoms with Crippen molar-refractivity contribution in [2.75, 3.05) is 6.61 Å². The second-order valence-corrected chi connectivity index (χ2v) is 7.78. The highest BCUT2D eigenvalue weighted by Crippen LogP contribution is 2.44. The van der Waals surface area contributed by atoms with E-state index in [2.05, 4.69) is 27.6 Å². The minimum absolute atomic E-state index is 0.0695. The molecule has 3 aromatic carbocycles. The summed E-state index contributed by atoms with van der Waals surface area (Å²) in [6, 6.07) is 22.4. The number of amides is 1. The first kappa shape index (κ1) is 19.8. The molecule has 7 nitrogen and oxygen atoms in total. The number of carbonyl (C=O) groups excluding carboxylic acids is 1. The Bertz CT molecular complexity index is 1270. The Morgan fingerprint density at radius 1 is 0.969 bits per heavy atom. The molecule has 1 heterocycles. The topological polar surface area (TPSA) is 104 Å². The van der Waals surface area contributed by atoms with Gasteiger partial charge in [0.1, 0.15) is 12.6 Å². The summed E-state index contributed by atoms with van der Waals surface area (Å²) in [6.07, 6.45) is -0.692. The molecule has 0 fully saturated rings.